The molecule has 0 aliphatic heterocycles. The van der Waals surface area contributed by atoms with Gasteiger partial charge in [-0.25, -0.2) is 16.8 Å². The third-order valence-corrected chi connectivity index (χ3v) is 10.7. The van der Waals surface area contributed by atoms with Gasteiger partial charge < -0.3 is 0 Å². The molecule has 31 heavy (non-hydrogen) atoms. The number of hydrogen-bond acceptors (Lipinski definition) is 4. The van der Waals surface area contributed by atoms with Crippen LogP contribution in [0.4, 0.5) is 0 Å². The molecule has 158 valence electrons. The topological polar surface area (TPSA) is 68.3 Å². The minimum atomic E-state index is -4.37. The number of benzene rings is 3. The van der Waals surface area contributed by atoms with Crippen molar-refractivity contribution >= 4 is 25.8 Å². The second-order valence-electron chi connectivity index (χ2n) is 6.94. The molecule has 0 bridgehead atoms. The summed E-state index contributed by atoms with van der Waals surface area (Å²) in [6.07, 6.45) is 8.03. The first-order chi connectivity index (χ1) is 14.8. The molecule has 0 amide bonds. The normalized spacial score (nSPS) is 12.5. The predicted octanol–water partition coefficient (Wildman–Crippen LogP) is 4.76. The van der Waals surface area contributed by atoms with E-state index in [1.807, 2.05) is 30.3 Å². The minimum Gasteiger partial charge on any atom is -0.222 e. The summed E-state index contributed by atoms with van der Waals surface area (Å²) in [7, 11) is -8.73. The van der Waals surface area contributed by atoms with Crippen molar-refractivity contribution in [2.45, 2.75) is 26.7 Å². The van der Waals surface area contributed by atoms with Crippen LogP contribution in [0.1, 0.15) is 18.4 Å². The molecule has 0 saturated heterocycles. The second-order valence-corrected chi connectivity index (χ2v) is 11.7. The van der Waals surface area contributed by atoms with Crippen LogP contribution in [0.15, 0.2) is 107 Å². The molecule has 0 unspecified atom stereocenters. The zero-order valence-corrected chi connectivity index (χ0v) is 18.4. The molecule has 0 radical (unpaired) electrons. The standard InChI is InChI=1S/C25H22O4S2/c1-2-20-25(21-12-15-22-13-6-3-7-14-22,30(26,27)23-16-8-4-9-17-23)31(28,29)24-18-10-5-11-19-24/h1,3-19H,20-21H2/b15-12-. The third-order valence-electron chi connectivity index (χ3n) is 5.00. The van der Waals surface area contributed by atoms with E-state index in [4.69, 9.17) is 6.42 Å². The van der Waals surface area contributed by atoms with Gasteiger partial charge in [0, 0.05) is 12.8 Å². The fraction of sp³-hybridized carbons (Fsp3) is 0.120. The Morgan fingerprint density at radius 3 is 1.55 bits per heavy atom. The first kappa shape index (κ1) is 22.5. The summed E-state index contributed by atoms with van der Waals surface area (Å²) in [5, 5.41) is 0. The Hall–Kier alpha value is -3.14. The van der Waals surface area contributed by atoms with Crippen molar-refractivity contribution in [3.8, 4) is 12.3 Å². The average Bonchev–Trinajstić information content (AvgIpc) is 2.80. The minimum absolute atomic E-state index is 0.0853. The van der Waals surface area contributed by atoms with Gasteiger partial charge in [-0.05, 0) is 29.8 Å². The van der Waals surface area contributed by atoms with E-state index >= 15 is 0 Å². The lowest BCUT2D eigenvalue weighted by Crippen LogP contribution is -2.46. The van der Waals surface area contributed by atoms with Crippen LogP contribution in [-0.4, -0.2) is 20.9 Å². The Bertz CT molecular complexity index is 1220. The molecule has 4 nitrogen and oxygen atoms in total. The van der Waals surface area contributed by atoms with Gasteiger partial charge in [-0.1, -0.05) is 78.9 Å². The average molecular weight is 451 g/mol. The number of rotatable bonds is 8. The zero-order valence-electron chi connectivity index (χ0n) is 16.8. The number of terminal acetylenes is 1. The highest BCUT2D eigenvalue weighted by atomic mass is 32.3. The van der Waals surface area contributed by atoms with Crippen LogP contribution >= 0.6 is 0 Å². The highest BCUT2D eigenvalue weighted by Crippen LogP contribution is 2.41. The summed E-state index contributed by atoms with van der Waals surface area (Å²) in [5.41, 5.74) is 0.825. The summed E-state index contributed by atoms with van der Waals surface area (Å²) in [6.45, 7) is 0. The Kier molecular flexibility index (Phi) is 6.79. The van der Waals surface area contributed by atoms with E-state index in [2.05, 4.69) is 5.92 Å². The maximum atomic E-state index is 13.8. The van der Waals surface area contributed by atoms with Crippen LogP contribution in [0.3, 0.4) is 0 Å². The lowest BCUT2D eigenvalue weighted by atomic mass is 10.1. The molecule has 0 spiro atoms. The van der Waals surface area contributed by atoms with Gasteiger partial charge >= 0.3 is 0 Å². The molecule has 0 heterocycles. The molecule has 0 fully saturated rings. The van der Waals surface area contributed by atoms with Gasteiger partial charge in [0.1, 0.15) is 0 Å². The molecule has 3 aromatic rings. The number of allylic oxidation sites excluding steroid dienone is 1. The summed E-state index contributed by atoms with van der Waals surface area (Å²) in [6, 6.07) is 24.4. The molecule has 0 aliphatic carbocycles. The first-order valence-corrected chi connectivity index (χ1v) is 12.6. The predicted molar refractivity (Wildman–Crippen MR) is 124 cm³/mol. The van der Waals surface area contributed by atoms with Crippen molar-refractivity contribution in [1.29, 1.82) is 0 Å². The van der Waals surface area contributed by atoms with Crippen molar-refractivity contribution in [2.24, 2.45) is 0 Å². The van der Waals surface area contributed by atoms with E-state index in [0.29, 0.717) is 0 Å². The van der Waals surface area contributed by atoms with Crippen LogP contribution in [0.5, 0.6) is 0 Å². The number of sulfone groups is 2. The van der Waals surface area contributed by atoms with E-state index in [0.717, 1.165) is 5.56 Å². The smallest absolute Gasteiger partial charge is 0.200 e. The van der Waals surface area contributed by atoms with E-state index < -0.39 is 30.2 Å². The summed E-state index contributed by atoms with van der Waals surface area (Å²) < 4.78 is 52.9. The molecule has 0 atom stereocenters. The van der Waals surface area contributed by atoms with Gasteiger partial charge in [0.05, 0.1) is 9.79 Å². The van der Waals surface area contributed by atoms with E-state index in [1.54, 1.807) is 48.6 Å². The molecule has 3 aromatic carbocycles. The summed E-state index contributed by atoms with van der Waals surface area (Å²) >= 11 is 0. The van der Waals surface area contributed by atoms with Crippen LogP contribution in [0.25, 0.3) is 6.08 Å². The maximum Gasteiger partial charge on any atom is 0.200 e. The van der Waals surface area contributed by atoms with Crippen LogP contribution in [-0.2, 0) is 19.7 Å². The van der Waals surface area contributed by atoms with E-state index in [9.17, 15) is 16.8 Å². The van der Waals surface area contributed by atoms with Crippen LogP contribution in [0, 0.1) is 12.3 Å². The lowest BCUT2D eigenvalue weighted by molar-refractivity contribution is 0.539. The lowest BCUT2D eigenvalue weighted by Gasteiger charge is -2.30. The van der Waals surface area contributed by atoms with Gasteiger partial charge in [-0.2, -0.15) is 0 Å². The molecule has 0 aromatic heterocycles. The Morgan fingerprint density at radius 2 is 1.13 bits per heavy atom. The van der Waals surface area contributed by atoms with Gasteiger partial charge in [0.25, 0.3) is 0 Å². The highest BCUT2D eigenvalue weighted by molar-refractivity contribution is 8.10. The molecule has 3 rings (SSSR count). The van der Waals surface area contributed by atoms with Crippen LogP contribution < -0.4 is 0 Å². The van der Waals surface area contributed by atoms with Crippen molar-refractivity contribution < 1.29 is 16.8 Å². The first-order valence-electron chi connectivity index (χ1n) is 9.59. The van der Waals surface area contributed by atoms with E-state index in [-0.39, 0.29) is 16.2 Å². The third kappa shape index (κ3) is 4.34. The summed E-state index contributed by atoms with van der Waals surface area (Å²) in [4.78, 5) is -0.171. The van der Waals surface area contributed by atoms with Gasteiger partial charge in [0.2, 0.25) is 0 Å². The fourth-order valence-electron chi connectivity index (χ4n) is 3.35. The molecule has 0 saturated carbocycles. The van der Waals surface area contributed by atoms with Crippen molar-refractivity contribution in [2.75, 3.05) is 0 Å². The molecule has 6 heteroatoms. The SMILES string of the molecule is C#CCC(C/C=C\c1ccccc1)(S(=O)(=O)c1ccccc1)S(=O)(=O)c1ccccc1. The second kappa shape index (κ2) is 9.34. The molecular weight excluding hydrogens is 428 g/mol. The largest absolute Gasteiger partial charge is 0.222 e. The van der Waals surface area contributed by atoms with Crippen molar-refractivity contribution in [1.82, 2.24) is 0 Å². The fourth-order valence-corrected chi connectivity index (χ4v) is 8.15. The van der Waals surface area contributed by atoms with Crippen molar-refractivity contribution in [3.63, 3.8) is 0 Å². The monoisotopic (exact) mass is 450 g/mol. The Balaban J connectivity index is 2.23. The van der Waals surface area contributed by atoms with Gasteiger partial charge in [-0.3, -0.25) is 0 Å². The van der Waals surface area contributed by atoms with Gasteiger partial charge in [-0.15, -0.1) is 12.3 Å². The molecule has 0 N–H and O–H groups in total. The van der Waals surface area contributed by atoms with E-state index in [1.165, 1.54) is 24.3 Å². The Labute approximate surface area is 184 Å². The zero-order chi connectivity index (χ0) is 22.4. The Morgan fingerprint density at radius 1 is 0.710 bits per heavy atom. The molecular formula is C25H22O4S2. The number of hydrogen-bond donors (Lipinski definition) is 0. The highest BCUT2D eigenvalue weighted by Gasteiger charge is 2.54. The van der Waals surface area contributed by atoms with Gasteiger partial charge in [0.15, 0.2) is 23.8 Å². The van der Waals surface area contributed by atoms with Crippen LogP contribution in [0.2, 0.25) is 0 Å². The maximum absolute atomic E-state index is 13.8. The molecule has 0 aliphatic rings. The summed E-state index contributed by atoms with van der Waals surface area (Å²) in [5.74, 6) is 2.32. The quantitative estimate of drug-likeness (QED) is 0.464. The van der Waals surface area contributed by atoms with Crippen molar-refractivity contribution in [3.05, 3.63) is 103 Å².